The summed E-state index contributed by atoms with van der Waals surface area (Å²) in [5.41, 5.74) is 6.74. The molecule has 1 amide bonds. The molecular formula is C19H18N4O. The van der Waals surface area contributed by atoms with Crippen LogP contribution in [0.2, 0.25) is 0 Å². The van der Waals surface area contributed by atoms with Crippen molar-refractivity contribution in [2.75, 3.05) is 0 Å². The van der Waals surface area contributed by atoms with Crippen LogP contribution in [0.5, 0.6) is 0 Å². The summed E-state index contributed by atoms with van der Waals surface area (Å²) in [5.74, 6) is -0.328. The molecule has 0 aliphatic rings. The molecule has 2 aromatic carbocycles. The van der Waals surface area contributed by atoms with E-state index in [0.717, 1.165) is 23.2 Å². The average Bonchev–Trinajstić information content (AvgIpc) is 3.13. The predicted octanol–water partition coefficient (Wildman–Crippen LogP) is 3.40. The molecule has 0 saturated carbocycles. The van der Waals surface area contributed by atoms with E-state index in [9.17, 15) is 4.79 Å². The number of benzene rings is 2. The number of H-pyrrole nitrogens is 1. The SMILES string of the molecule is CCc1ccc(/C=N/NC(=O)c2cc(-c3ccccc3)n[nH]2)cc1. The molecule has 1 aromatic heterocycles. The fourth-order valence-corrected chi connectivity index (χ4v) is 2.26. The second kappa shape index (κ2) is 7.37. The lowest BCUT2D eigenvalue weighted by atomic mass is 10.1. The summed E-state index contributed by atoms with van der Waals surface area (Å²) in [7, 11) is 0. The molecule has 24 heavy (non-hydrogen) atoms. The molecule has 2 N–H and O–H groups in total. The molecule has 1 heterocycles. The third-order valence-electron chi connectivity index (χ3n) is 3.66. The van der Waals surface area contributed by atoms with Crippen molar-refractivity contribution in [2.24, 2.45) is 5.10 Å². The van der Waals surface area contributed by atoms with E-state index in [2.05, 4.69) is 27.6 Å². The van der Waals surface area contributed by atoms with Crippen molar-refractivity contribution in [1.82, 2.24) is 15.6 Å². The zero-order valence-corrected chi connectivity index (χ0v) is 13.4. The number of amides is 1. The fourth-order valence-electron chi connectivity index (χ4n) is 2.26. The van der Waals surface area contributed by atoms with Gasteiger partial charge in [0.15, 0.2) is 0 Å². The Labute approximate surface area is 140 Å². The summed E-state index contributed by atoms with van der Waals surface area (Å²) in [6.07, 6.45) is 2.61. The van der Waals surface area contributed by atoms with Gasteiger partial charge >= 0.3 is 0 Å². The Morgan fingerprint density at radius 2 is 1.92 bits per heavy atom. The minimum atomic E-state index is -0.328. The van der Waals surface area contributed by atoms with Gasteiger partial charge in [0.2, 0.25) is 0 Å². The van der Waals surface area contributed by atoms with Gasteiger partial charge in [-0.2, -0.15) is 10.2 Å². The van der Waals surface area contributed by atoms with Gasteiger partial charge in [0.05, 0.1) is 11.9 Å². The Balaban J connectivity index is 1.62. The van der Waals surface area contributed by atoms with Crippen molar-refractivity contribution in [1.29, 1.82) is 0 Å². The topological polar surface area (TPSA) is 70.1 Å². The van der Waals surface area contributed by atoms with Gasteiger partial charge in [0, 0.05) is 5.56 Å². The maximum absolute atomic E-state index is 12.1. The highest BCUT2D eigenvalue weighted by Crippen LogP contribution is 2.16. The van der Waals surface area contributed by atoms with Crippen LogP contribution < -0.4 is 5.43 Å². The molecule has 120 valence electrons. The largest absolute Gasteiger partial charge is 0.289 e. The fraction of sp³-hybridized carbons (Fsp3) is 0.105. The Bertz CT molecular complexity index is 835. The molecule has 0 radical (unpaired) electrons. The standard InChI is InChI=1S/C19H18N4O/c1-2-14-8-10-15(11-9-14)13-20-23-19(24)18-12-17(21-22-18)16-6-4-3-5-7-16/h3-13H,2H2,1H3,(H,21,22)(H,23,24)/b20-13+. The number of carbonyl (C=O) groups is 1. The molecule has 0 spiro atoms. The van der Waals surface area contributed by atoms with E-state index in [4.69, 9.17) is 0 Å². The third-order valence-corrected chi connectivity index (χ3v) is 3.66. The van der Waals surface area contributed by atoms with Crippen LogP contribution in [-0.2, 0) is 6.42 Å². The summed E-state index contributed by atoms with van der Waals surface area (Å²) >= 11 is 0. The molecule has 5 heteroatoms. The molecule has 0 aliphatic carbocycles. The lowest BCUT2D eigenvalue weighted by Gasteiger charge is -1.98. The number of nitrogens with one attached hydrogen (secondary N) is 2. The highest BCUT2D eigenvalue weighted by Gasteiger charge is 2.09. The minimum Gasteiger partial charge on any atom is -0.272 e. The first-order valence-corrected chi connectivity index (χ1v) is 7.79. The molecular weight excluding hydrogens is 300 g/mol. The minimum absolute atomic E-state index is 0.328. The second-order valence-electron chi connectivity index (χ2n) is 5.33. The monoisotopic (exact) mass is 318 g/mol. The molecule has 0 atom stereocenters. The van der Waals surface area contributed by atoms with E-state index in [-0.39, 0.29) is 5.91 Å². The number of rotatable bonds is 5. The number of hydrogen-bond donors (Lipinski definition) is 2. The van der Waals surface area contributed by atoms with E-state index >= 15 is 0 Å². The highest BCUT2D eigenvalue weighted by molar-refractivity contribution is 5.94. The Morgan fingerprint density at radius 1 is 1.17 bits per heavy atom. The summed E-state index contributed by atoms with van der Waals surface area (Å²) in [6.45, 7) is 2.11. The maximum Gasteiger partial charge on any atom is 0.289 e. The van der Waals surface area contributed by atoms with E-state index in [1.54, 1.807) is 12.3 Å². The van der Waals surface area contributed by atoms with E-state index in [1.807, 2.05) is 54.6 Å². The summed E-state index contributed by atoms with van der Waals surface area (Å²) < 4.78 is 0. The zero-order valence-electron chi connectivity index (χ0n) is 13.4. The van der Waals surface area contributed by atoms with Crippen molar-refractivity contribution in [3.05, 3.63) is 77.5 Å². The molecule has 0 unspecified atom stereocenters. The van der Waals surface area contributed by atoms with Gasteiger partial charge in [0.25, 0.3) is 5.91 Å². The predicted molar refractivity (Wildman–Crippen MR) is 94.9 cm³/mol. The van der Waals surface area contributed by atoms with Gasteiger partial charge < -0.3 is 0 Å². The molecule has 0 saturated heterocycles. The van der Waals surface area contributed by atoms with Crippen LogP contribution in [0, 0.1) is 0 Å². The van der Waals surface area contributed by atoms with Crippen LogP contribution in [0.15, 0.2) is 65.8 Å². The van der Waals surface area contributed by atoms with Crippen molar-refractivity contribution >= 4 is 12.1 Å². The number of aryl methyl sites for hydroxylation is 1. The normalized spacial score (nSPS) is 10.9. The molecule has 0 fully saturated rings. The van der Waals surface area contributed by atoms with Gasteiger partial charge in [-0.1, -0.05) is 61.5 Å². The number of nitrogens with zero attached hydrogens (tertiary/aromatic N) is 2. The van der Waals surface area contributed by atoms with Crippen molar-refractivity contribution < 1.29 is 4.79 Å². The average molecular weight is 318 g/mol. The van der Waals surface area contributed by atoms with Gasteiger partial charge in [0.1, 0.15) is 5.69 Å². The Hall–Kier alpha value is -3.21. The second-order valence-corrected chi connectivity index (χ2v) is 5.33. The lowest BCUT2D eigenvalue weighted by Crippen LogP contribution is -2.17. The zero-order chi connectivity index (χ0) is 16.8. The van der Waals surface area contributed by atoms with Gasteiger partial charge in [-0.15, -0.1) is 0 Å². The molecule has 5 nitrogen and oxygen atoms in total. The summed E-state index contributed by atoms with van der Waals surface area (Å²) in [6, 6.07) is 19.4. The third kappa shape index (κ3) is 3.76. The quantitative estimate of drug-likeness (QED) is 0.559. The lowest BCUT2D eigenvalue weighted by molar-refractivity contribution is 0.0950. The van der Waals surface area contributed by atoms with Crippen molar-refractivity contribution in [2.45, 2.75) is 13.3 Å². The van der Waals surface area contributed by atoms with E-state index in [0.29, 0.717) is 5.69 Å². The molecule has 3 aromatic rings. The first-order chi connectivity index (χ1) is 11.8. The number of aromatic nitrogens is 2. The van der Waals surface area contributed by atoms with Crippen molar-refractivity contribution in [3.8, 4) is 11.3 Å². The van der Waals surface area contributed by atoms with Crippen LogP contribution in [0.3, 0.4) is 0 Å². The van der Waals surface area contributed by atoms with Crippen LogP contribution >= 0.6 is 0 Å². The Kier molecular flexibility index (Phi) is 4.81. The molecule has 3 rings (SSSR count). The maximum atomic E-state index is 12.1. The van der Waals surface area contributed by atoms with Gasteiger partial charge in [-0.05, 0) is 23.6 Å². The first-order valence-electron chi connectivity index (χ1n) is 7.79. The summed E-state index contributed by atoms with van der Waals surface area (Å²) in [5, 5.41) is 10.9. The number of hydrazone groups is 1. The summed E-state index contributed by atoms with van der Waals surface area (Å²) in [4.78, 5) is 12.1. The number of aromatic amines is 1. The first kappa shape index (κ1) is 15.7. The van der Waals surface area contributed by atoms with Crippen LogP contribution in [-0.4, -0.2) is 22.3 Å². The van der Waals surface area contributed by atoms with Crippen LogP contribution in [0.4, 0.5) is 0 Å². The molecule has 0 bridgehead atoms. The van der Waals surface area contributed by atoms with Gasteiger partial charge in [-0.3, -0.25) is 9.89 Å². The smallest absolute Gasteiger partial charge is 0.272 e. The van der Waals surface area contributed by atoms with Gasteiger partial charge in [-0.25, -0.2) is 5.43 Å². The molecule has 0 aliphatic heterocycles. The van der Waals surface area contributed by atoms with Crippen molar-refractivity contribution in [3.63, 3.8) is 0 Å². The van der Waals surface area contributed by atoms with Crippen LogP contribution in [0.1, 0.15) is 28.5 Å². The van der Waals surface area contributed by atoms with E-state index in [1.165, 1.54) is 5.56 Å². The number of carbonyl (C=O) groups excluding carboxylic acids is 1. The highest BCUT2D eigenvalue weighted by atomic mass is 16.2. The van der Waals surface area contributed by atoms with E-state index < -0.39 is 0 Å². The number of hydrogen-bond acceptors (Lipinski definition) is 3. The Morgan fingerprint density at radius 3 is 2.62 bits per heavy atom. The van der Waals surface area contributed by atoms with Crippen LogP contribution in [0.25, 0.3) is 11.3 Å².